The lowest BCUT2D eigenvalue weighted by Gasteiger charge is -2.22. The molecule has 1 aliphatic rings. The fourth-order valence-corrected chi connectivity index (χ4v) is 3.35. The zero-order chi connectivity index (χ0) is 18.1. The molecule has 3 aromatic rings. The summed E-state index contributed by atoms with van der Waals surface area (Å²) in [5, 5.41) is 10.3. The molecule has 0 unspecified atom stereocenters. The lowest BCUT2D eigenvalue weighted by atomic mass is 10.1. The molecule has 0 saturated carbocycles. The van der Waals surface area contributed by atoms with Gasteiger partial charge in [0.1, 0.15) is 5.75 Å². The summed E-state index contributed by atoms with van der Waals surface area (Å²) in [4.78, 5) is 16.8. The van der Waals surface area contributed by atoms with Gasteiger partial charge in [0.05, 0.1) is 5.56 Å². The minimum Gasteiger partial charge on any atom is -0.507 e. The molecule has 0 atom stereocenters. The summed E-state index contributed by atoms with van der Waals surface area (Å²) in [6, 6.07) is 23.1. The van der Waals surface area contributed by atoms with Crippen molar-refractivity contribution in [1.82, 2.24) is 4.90 Å². The molecule has 3 aromatic carbocycles. The number of fused-ring (bicyclic) bond motifs is 1. The first kappa shape index (κ1) is 16.2. The Morgan fingerprint density at radius 3 is 2.15 bits per heavy atom. The van der Waals surface area contributed by atoms with Gasteiger partial charge in [0.15, 0.2) is 0 Å². The van der Waals surface area contributed by atoms with E-state index in [0.29, 0.717) is 18.7 Å². The molecule has 4 rings (SSSR count). The fraction of sp³-hybridized carbons (Fsp3) is 0.136. The molecule has 0 saturated heterocycles. The topological polar surface area (TPSA) is 43.8 Å². The Bertz CT molecular complexity index is 928. The quantitative estimate of drug-likeness (QED) is 0.770. The summed E-state index contributed by atoms with van der Waals surface area (Å²) in [5.41, 5.74) is 4.54. The summed E-state index contributed by atoms with van der Waals surface area (Å²) < 4.78 is 0. The smallest absolute Gasteiger partial charge is 0.258 e. The van der Waals surface area contributed by atoms with Crippen molar-refractivity contribution >= 4 is 17.3 Å². The van der Waals surface area contributed by atoms with Gasteiger partial charge in [0.25, 0.3) is 5.91 Å². The molecule has 0 aromatic heterocycles. The number of para-hydroxylation sites is 1. The minimum absolute atomic E-state index is 0.0103. The third-order valence-corrected chi connectivity index (χ3v) is 4.87. The van der Waals surface area contributed by atoms with E-state index >= 15 is 0 Å². The lowest BCUT2D eigenvalue weighted by molar-refractivity contribution is 0.0748. The van der Waals surface area contributed by atoms with E-state index in [4.69, 9.17) is 0 Å². The van der Waals surface area contributed by atoms with Crippen LogP contribution in [0, 0.1) is 0 Å². The summed E-state index contributed by atoms with van der Waals surface area (Å²) in [6.07, 6.45) is 0. The van der Waals surface area contributed by atoms with Crippen molar-refractivity contribution in [2.24, 2.45) is 0 Å². The highest BCUT2D eigenvalue weighted by Gasteiger charge is 2.26. The van der Waals surface area contributed by atoms with Crippen molar-refractivity contribution in [1.29, 1.82) is 0 Å². The molecule has 0 aliphatic carbocycles. The number of nitrogens with zero attached hydrogens (tertiary/aromatic N) is 2. The number of rotatable bonds is 3. The van der Waals surface area contributed by atoms with Crippen molar-refractivity contribution in [3.63, 3.8) is 0 Å². The van der Waals surface area contributed by atoms with Crippen LogP contribution in [0.1, 0.15) is 21.5 Å². The number of amides is 1. The molecular weight excluding hydrogens is 324 g/mol. The molecule has 4 nitrogen and oxygen atoms in total. The second-order valence-corrected chi connectivity index (χ2v) is 6.53. The van der Waals surface area contributed by atoms with E-state index in [2.05, 4.69) is 0 Å². The number of phenolic OH excluding ortho intramolecular Hbond substituents is 1. The summed E-state index contributed by atoms with van der Waals surface area (Å²) in [5.74, 6) is -0.141. The predicted molar refractivity (Wildman–Crippen MR) is 103 cm³/mol. The highest BCUT2D eigenvalue weighted by Crippen LogP contribution is 2.31. The number of carbonyl (C=O) groups excluding carboxylic acids is 1. The zero-order valence-electron chi connectivity index (χ0n) is 14.6. The van der Waals surface area contributed by atoms with Gasteiger partial charge in [-0.15, -0.1) is 0 Å². The number of anilines is 2. The van der Waals surface area contributed by atoms with Gasteiger partial charge in [-0.1, -0.05) is 42.5 Å². The van der Waals surface area contributed by atoms with Crippen LogP contribution in [0.5, 0.6) is 5.75 Å². The van der Waals surface area contributed by atoms with Crippen LogP contribution in [0.15, 0.2) is 72.8 Å². The molecule has 4 heteroatoms. The Balaban J connectivity index is 1.62. The predicted octanol–water partition coefficient (Wildman–Crippen LogP) is 4.32. The van der Waals surface area contributed by atoms with Gasteiger partial charge in [-0.3, -0.25) is 4.79 Å². The van der Waals surface area contributed by atoms with E-state index in [0.717, 1.165) is 22.5 Å². The molecule has 1 amide bonds. The molecule has 1 N–H and O–H groups in total. The van der Waals surface area contributed by atoms with Crippen LogP contribution < -0.4 is 4.90 Å². The second kappa shape index (κ2) is 6.56. The van der Waals surface area contributed by atoms with Gasteiger partial charge in [-0.2, -0.15) is 0 Å². The van der Waals surface area contributed by atoms with Crippen molar-refractivity contribution in [2.75, 3.05) is 11.9 Å². The van der Waals surface area contributed by atoms with Crippen LogP contribution in [-0.2, 0) is 13.1 Å². The van der Waals surface area contributed by atoms with Crippen LogP contribution in [0.3, 0.4) is 0 Å². The fourth-order valence-electron chi connectivity index (χ4n) is 3.35. The van der Waals surface area contributed by atoms with E-state index in [-0.39, 0.29) is 11.7 Å². The largest absolute Gasteiger partial charge is 0.507 e. The monoisotopic (exact) mass is 344 g/mol. The van der Waals surface area contributed by atoms with E-state index in [1.807, 2.05) is 72.6 Å². The average molecular weight is 344 g/mol. The van der Waals surface area contributed by atoms with Crippen molar-refractivity contribution in [2.45, 2.75) is 13.1 Å². The van der Waals surface area contributed by atoms with E-state index in [1.165, 1.54) is 0 Å². The van der Waals surface area contributed by atoms with Crippen LogP contribution in [0.4, 0.5) is 11.4 Å². The highest BCUT2D eigenvalue weighted by atomic mass is 16.3. The molecule has 130 valence electrons. The first-order valence-electron chi connectivity index (χ1n) is 8.61. The third-order valence-electron chi connectivity index (χ3n) is 4.87. The van der Waals surface area contributed by atoms with E-state index < -0.39 is 0 Å². The lowest BCUT2D eigenvalue weighted by Crippen LogP contribution is -2.25. The molecular formula is C22H20N2O2. The molecule has 0 fully saturated rings. The van der Waals surface area contributed by atoms with Gasteiger partial charge in [-0.25, -0.2) is 0 Å². The summed E-state index contributed by atoms with van der Waals surface area (Å²) in [7, 11) is 1.95. The van der Waals surface area contributed by atoms with Crippen molar-refractivity contribution in [3.8, 4) is 5.75 Å². The molecule has 1 aliphatic heterocycles. The number of carbonyl (C=O) groups is 1. The number of hydrogen-bond donors (Lipinski definition) is 1. The number of benzene rings is 3. The van der Waals surface area contributed by atoms with Gasteiger partial charge in [0, 0.05) is 31.5 Å². The second-order valence-electron chi connectivity index (χ2n) is 6.53. The van der Waals surface area contributed by atoms with Crippen LogP contribution in [-0.4, -0.2) is 23.0 Å². The summed E-state index contributed by atoms with van der Waals surface area (Å²) in [6.45, 7) is 1.15. The molecule has 0 bridgehead atoms. The average Bonchev–Trinajstić information content (AvgIpc) is 3.12. The van der Waals surface area contributed by atoms with E-state index in [9.17, 15) is 9.90 Å². The maximum atomic E-state index is 13.0. The third kappa shape index (κ3) is 2.90. The Kier molecular flexibility index (Phi) is 4.09. The highest BCUT2D eigenvalue weighted by molar-refractivity contribution is 5.98. The Morgan fingerprint density at radius 1 is 0.885 bits per heavy atom. The summed E-state index contributed by atoms with van der Waals surface area (Å²) >= 11 is 0. The first-order valence-corrected chi connectivity index (χ1v) is 8.61. The van der Waals surface area contributed by atoms with Crippen molar-refractivity contribution in [3.05, 3.63) is 89.5 Å². The standard InChI is InChI=1S/C22H20N2O2/c1-23(18-9-3-2-4-10-18)19-11-12-21(25)20(13-19)22(26)24-14-16-7-5-6-8-17(16)15-24/h2-13,25H,14-15H2,1H3. The van der Waals surface area contributed by atoms with Gasteiger partial charge in [0.2, 0.25) is 0 Å². The first-order chi connectivity index (χ1) is 12.6. The van der Waals surface area contributed by atoms with Crippen LogP contribution in [0.25, 0.3) is 0 Å². The van der Waals surface area contributed by atoms with Crippen LogP contribution in [0.2, 0.25) is 0 Å². The molecule has 26 heavy (non-hydrogen) atoms. The molecule has 1 heterocycles. The Labute approximate surface area is 152 Å². The zero-order valence-corrected chi connectivity index (χ0v) is 14.6. The number of aromatic hydroxyl groups is 1. The van der Waals surface area contributed by atoms with E-state index in [1.54, 1.807) is 17.0 Å². The van der Waals surface area contributed by atoms with Crippen LogP contribution >= 0.6 is 0 Å². The minimum atomic E-state index is -0.151. The van der Waals surface area contributed by atoms with Crippen molar-refractivity contribution < 1.29 is 9.90 Å². The van der Waals surface area contributed by atoms with Gasteiger partial charge < -0.3 is 14.9 Å². The SMILES string of the molecule is CN(c1ccccc1)c1ccc(O)c(C(=O)N2Cc3ccccc3C2)c1. The maximum Gasteiger partial charge on any atom is 0.258 e. The van der Waals surface area contributed by atoms with Gasteiger partial charge in [-0.05, 0) is 41.5 Å². The molecule has 0 spiro atoms. The maximum absolute atomic E-state index is 13.0. The normalized spacial score (nSPS) is 12.7. The molecule has 0 radical (unpaired) electrons. The van der Waals surface area contributed by atoms with Gasteiger partial charge >= 0.3 is 0 Å². The Hall–Kier alpha value is -3.27. The Morgan fingerprint density at radius 2 is 1.50 bits per heavy atom. The number of phenols is 1. The number of hydrogen-bond acceptors (Lipinski definition) is 3.